The van der Waals surface area contributed by atoms with Gasteiger partial charge in [0.1, 0.15) is 0 Å². The lowest BCUT2D eigenvalue weighted by molar-refractivity contribution is 1.28. The van der Waals surface area contributed by atoms with Crippen LogP contribution in [0.1, 0.15) is 22.3 Å². The zero-order valence-corrected chi connectivity index (χ0v) is 28.3. The number of nitriles is 4. The SMILES string of the molecule is N#Cc1cc(C#N)cc(-c2ccc(N(c3ccc(-c4ccc(C#N)c5ccccc45)cc3)c3ccc(-c4ccc(C#N)c5ccccc45)cc3)cc2)c1. The second-order valence-electron chi connectivity index (χ2n) is 12.6. The lowest BCUT2D eigenvalue weighted by atomic mass is 9.95. The topological polar surface area (TPSA) is 98.4 Å². The molecule has 5 heteroatoms. The first kappa shape index (κ1) is 32.3. The fourth-order valence-corrected chi connectivity index (χ4v) is 7.05. The first-order valence-electron chi connectivity index (χ1n) is 17.0. The summed E-state index contributed by atoms with van der Waals surface area (Å²) in [6, 6.07) is 62.9. The van der Waals surface area contributed by atoms with Crippen molar-refractivity contribution in [1.82, 2.24) is 0 Å². The summed E-state index contributed by atoms with van der Waals surface area (Å²) in [7, 11) is 0. The molecule has 0 aliphatic rings. The highest BCUT2D eigenvalue weighted by molar-refractivity contribution is 6.01. The van der Waals surface area contributed by atoms with Gasteiger partial charge >= 0.3 is 0 Å². The molecule has 0 heterocycles. The third kappa shape index (κ3) is 5.98. The van der Waals surface area contributed by atoms with E-state index in [-0.39, 0.29) is 0 Å². The summed E-state index contributed by atoms with van der Waals surface area (Å²) < 4.78 is 0. The van der Waals surface area contributed by atoms with Crippen LogP contribution in [0.2, 0.25) is 0 Å². The van der Waals surface area contributed by atoms with Crippen molar-refractivity contribution < 1.29 is 0 Å². The predicted molar refractivity (Wildman–Crippen MR) is 211 cm³/mol. The molecule has 0 aromatic heterocycles. The zero-order valence-electron chi connectivity index (χ0n) is 28.3. The first-order valence-corrected chi connectivity index (χ1v) is 17.0. The maximum Gasteiger partial charge on any atom is 0.0998 e. The van der Waals surface area contributed by atoms with Crippen LogP contribution in [0.3, 0.4) is 0 Å². The molecule has 8 rings (SSSR count). The largest absolute Gasteiger partial charge is 0.311 e. The Morgan fingerprint density at radius 1 is 0.321 bits per heavy atom. The Balaban J connectivity index is 1.21. The van der Waals surface area contributed by atoms with Crippen LogP contribution in [0.5, 0.6) is 0 Å². The van der Waals surface area contributed by atoms with Crippen molar-refractivity contribution in [1.29, 1.82) is 21.0 Å². The first-order chi connectivity index (χ1) is 26.1. The van der Waals surface area contributed by atoms with E-state index in [4.69, 9.17) is 0 Å². The Kier molecular flexibility index (Phi) is 8.37. The van der Waals surface area contributed by atoms with Crippen LogP contribution in [0, 0.1) is 45.3 Å². The van der Waals surface area contributed by atoms with Crippen LogP contribution in [0.4, 0.5) is 17.1 Å². The summed E-state index contributed by atoms with van der Waals surface area (Å²) in [5.74, 6) is 0. The van der Waals surface area contributed by atoms with Crippen LogP contribution < -0.4 is 4.90 Å². The normalized spacial score (nSPS) is 10.6. The Morgan fingerprint density at radius 3 is 1.08 bits per heavy atom. The molecule has 0 amide bonds. The summed E-state index contributed by atoms with van der Waals surface area (Å²) in [6.45, 7) is 0. The minimum Gasteiger partial charge on any atom is -0.311 e. The molecule has 0 N–H and O–H groups in total. The average molecular weight is 674 g/mol. The molecular formula is C48H27N5. The predicted octanol–water partition coefficient (Wildman–Crippen LogP) is 12.0. The van der Waals surface area contributed by atoms with Crippen LogP contribution in [0.15, 0.2) is 164 Å². The van der Waals surface area contributed by atoms with Gasteiger partial charge in [0.2, 0.25) is 0 Å². The van der Waals surface area contributed by atoms with E-state index in [1.54, 1.807) is 18.2 Å². The third-order valence-electron chi connectivity index (χ3n) is 9.61. The van der Waals surface area contributed by atoms with Crippen molar-refractivity contribution in [2.24, 2.45) is 0 Å². The van der Waals surface area contributed by atoms with Gasteiger partial charge in [-0.25, -0.2) is 0 Å². The van der Waals surface area contributed by atoms with Gasteiger partial charge in [-0.3, -0.25) is 0 Å². The number of rotatable bonds is 6. The van der Waals surface area contributed by atoms with E-state index in [0.717, 1.165) is 72.0 Å². The molecule has 0 radical (unpaired) electrons. The van der Waals surface area contributed by atoms with Gasteiger partial charge in [-0.05, 0) is 111 Å². The van der Waals surface area contributed by atoms with E-state index in [9.17, 15) is 21.0 Å². The average Bonchev–Trinajstić information content (AvgIpc) is 3.23. The van der Waals surface area contributed by atoms with Crippen LogP contribution in [-0.2, 0) is 0 Å². The quantitative estimate of drug-likeness (QED) is 0.175. The number of hydrogen-bond acceptors (Lipinski definition) is 5. The maximum atomic E-state index is 9.70. The molecule has 0 aliphatic heterocycles. The fourth-order valence-electron chi connectivity index (χ4n) is 7.05. The molecule has 5 nitrogen and oxygen atoms in total. The molecule has 0 unspecified atom stereocenters. The molecule has 244 valence electrons. The van der Waals surface area contributed by atoms with Gasteiger partial charge in [0.25, 0.3) is 0 Å². The Hall–Kier alpha value is -7.96. The highest BCUT2D eigenvalue weighted by atomic mass is 15.1. The van der Waals surface area contributed by atoms with Gasteiger partial charge in [-0.1, -0.05) is 97.1 Å². The summed E-state index contributed by atoms with van der Waals surface area (Å²) in [6.07, 6.45) is 0. The smallest absolute Gasteiger partial charge is 0.0998 e. The van der Waals surface area contributed by atoms with E-state index < -0.39 is 0 Å². The van der Waals surface area contributed by atoms with E-state index in [1.807, 2.05) is 84.9 Å². The molecule has 0 aliphatic carbocycles. The molecule has 0 fully saturated rings. The Labute approximate surface area is 307 Å². The van der Waals surface area contributed by atoms with Crippen LogP contribution in [0.25, 0.3) is 54.9 Å². The Bertz CT molecular complexity index is 2690. The lowest BCUT2D eigenvalue weighted by Gasteiger charge is -2.26. The molecule has 8 aromatic carbocycles. The summed E-state index contributed by atoms with van der Waals surface area (Å²) in [5.41, 5.74) is 10.9. The zero-order chi connectivity index (χ0) is 36.3. The maximum absolute atomic E-state index is 9.70. The second-order valence-corrected chi connectivity index (χ2v) is 12.6. The van der Waals surface area contributed by atoms with E-state index >= 15 is 0 Å². The van der Waals surface area contributed by atoms with E-state index in [1.165, 1.54) is 0 Å². The molecule has 0 saturated heterocycles. The van der Waals surface area contributed by atoms with Gasteiger partial charge in [-0.15, -0.1) is 0 Å². The molecule has 0 spiro atoms. The van der Waals surface area contributed by atoms with Crippen molar-refractivity contribution in [3.63, 3.8) is 0 Å². The van der Waals surface area contributed by atoms with Crippen molar-refractivity contribution >= 4 is 38.6 Å². The van der Waals surface area contributed by atoms with Crippen molar-refractivity contribution in [3.05, 3.63) is 186 Å². The highest BCUT2D eigenvalue weighted by Crippen LogP contribution is 2.40. The molecular weight excluding hydrogens is 647 g/mol. The van der Waals surface area contributed by atoms with Crippen LogP contribution >= 0.6 is 0 Å². The van der Waals surface area contributed by atoms with Crippen molar-refractivity contribution in [2.75, 3.05) is 4.90 Å². The van der Waals surface area contributed by atoms with Crippen molar-refractivity contribution in [3.8, 4) is 57.7 Å². The minimum absolute atomic E-state index is 0.440. The molecule has 8 aromatic rings. The van der Waals surface area contributed by atoms with Crippen molar-refractivity contribution in [2.45, 2.75) is 0 Å². The second kappa shape index (κ2) is 13.7. The van der Waals surface area contributed by atoms with E-state index in [0.29, 0.717) is 22.3 Å². The number of nitrogens with zero attached hydrogens (tertiary/aromatic N) is 5. The molecule has 0 bridgehead atoms. The third-order valence-corrected chi connectivity index (χ3v) is 9.61. The molecule has 53 heavy (non-hydrogen) atoms. The van der Waals surface area contributed by atoms with Gasteiger partial charge in [-0.2, -0.15) is 21.0 Å². The number of hydrogen-bond donors (Lipinski definition) is 0. The minimum atomic E-state index is 0.440. The fraction of sp³-hybridized carbons (Fsp3) is 0. The Morgan fingerprint density at radius 2 is 0.698 bits per heavy atom. The number of benzene rings is 8. The van der Waals surface area contributed by atoms with Gasteiger partial charge < -0.3 is 4.90 Å². The molecule has 0 saturated carbocycles. The van der Waals surface area contributed by atoms with Crippen LogP contribution in [-0.4, -0.2) is 0 Å². The highest BCUT2D eigenvalue weighted by Gasteiger charge is 2.16. The standard InChI is InChI=1S/C48H27N5/c49-28-32-25-33(29-50)27-39(26-32)34-9-17-40(18-10-34)53(41-19-11-35(12-20-41)45-23-15-37(30-51)43-5-1-3-7-47(43)45)42-21-13-36(14-22-42)46-24-16-38(31-52)44-6-2-4-8-48(44)46/h1-27H. The van der Waals surface area contributed by atoms with Gasteiger partial charge in [0, 0.05) is 27.8 Å². The van der Waals surface area contributed by atoms with Gasteiger partial charge in [0.05, 0.1) is 46.5 Å². The summed E-state index contributed by atoms with van der Waals surface area (Å²) >= 11 is 0. The van der Waals surface area contributed by atoms with Gasteiger partial charge in [0.15, 0.2) is 0 Å². The van der Waals surface area contributed by atoms with E-state index in [2.05, 4.69) is 89.8 Å². The lowest BCUT2D eigenvalue weighted by Crippen LogP contribution is -2.09. The number of anilines is 3. The molecule has 0 atom stereocenters. The summed E-state index contributed by atoms with van der Waals surface area (Å²) in [4.78, 5) is 2.19. The number of fused-ring (bicyclic) bond motifs is 2. The summed E-state index contributed by atoms with van der Waals surface area (Å²) in [5, 5.41) is 42.4. The monoisotopic (exact) mass is 673 g/mol.